The molecule has 0 radical (unpaired) electrons. The molecule has 2 N–H and O–H groups in total. The molecule has 21 heavy (non-hydrogen) atoms. The topological polar surface area (TPSA) is 101 Å². The Morgan fingerprint density at radius 3 is 2.43 bits per heavy atom. The number of benzene rings is 1. The smallest absolute Gasteiger partial charge is 0.303 e. The van der Waals surface area contributed by atoms with Crippen LogP contribution in [-0.4, -0.2) is 42.3 Å². The minimum atomic E-state index is -3.57. The molecule has 1 aromatic carbocycles. The second-order valence-electron chi connectivity index (χ2n) is 4.57. The maximum Gasteiger partial charge on any atom is 0.303 e. The predicted octanol–water partition coefficient (Wildman–Crippen LogP) is 0.751. The molecule has 0 amide bonds. The summed E-state index contributed by atoms with van der Waals surface area (Å²) in [5, 5.41) is 8.59. The highest BCUT2D eigenvalue weighted by Crippen LogP contribution is 2.11. The zero-order valence-corrected chi connectivity index (χ0v) is 13.4. The summed E-state index contributed by atoms with van der Waals surface area (Å²) in [5.74, 6) is -0.432. The second-order valence-corrected chi connectivity index (χ2v) is 7.89. The maximum atomic E-state index is 12.0. The van der Waals surface area contributed by atoms with Gasteiger partial charge in [-0.2, -0.15) is 0 Å². The standard InChI is InChI=1S/C13H19NO5S2/c1-20(17)10-2-9-14-21(18,19)12-6-3-11(4-7-12)5-8-13(15)16/h3-4,6-7,14H,2,5,8-10H2,1H3,(H,15,16). The molecule has 118 valence electrons. The van der Waals surface area contributed by atoms with Gasteiger partial charge in [-0.15, -0.1) is 0 Å². The first-order valence-corrected chi connectivity index (χ1v) is 9.63. The third kappa shape index (κ3) is 6.83. The number of sulfonamides is 1. The molecule has 8 heteroatoms. The van der Waals surface area contributed by atoms with E-state index in [0.29, 0.717) is 18.6 Å². The summed E-state index contributed by atoms with van der Waals surface area (Å²) in [6.07, 6.45) is 2.47. The molecule has 0 saturated carbocycles. The minimum absolute atomic E-state index is 0.0124. The van der Waals surface area contributed by atoms with Crippen LogP contribution in [0.4, 0.5) is 0 Å². The molecule has 0 aliphatic heterocycles. The molecule has 1 unspecified atom stereocenters. The number of rotatable bonds is 9. The fourth-order valence-electron chi connectivity index (χ4n) is 1.65. The average molecular weight is 333 g/mol. The van der Waals surface area contributed by atoms with Crippen LogP contribution in [0.1, 0.15) is 18.4 Å². The number of carboxylic acid groups (broad SMARTS) is 1. The number of carboxylic acids is 1. The van der Waals surface area contributed by atoms with E-state index in [1.54, 1.807) is 18.4 Å². The lowest BCUT2D eigenvalue weighted by atomic mass is 10.1. The Morgan fingerprint density at radius 1 is 1.29 bits per heavy atom. The zero-order valence-electron chi connectivity index (χ0n) is 11.7. The Bertz CT molecular complexity index is 595. The molecule has 0 aliphatic rings. The number of nitrogens with one attached hydrogen (secondary N) is 1. The molecule has 0 heterocycles. The van der Waals surface area contributed by atoms with Crippen LogP contribution in [0.2, 0.25) is 0 Å². The Balaban J connectivity index is 2.58. The molecule has 0 bridgehead atoms. The van der Waals surface area contributed by atoms with Crippen molar-refractivity contribution in [2.75, 3.05) is 18.6 Å². The largest absolute Gasteiger partial charge is 0.481 e. The molecule has 0 fully saturated rings. The van der Waals surface area contributed by atoms with Gasteiger partial charge in [0.25, 0.3) is 0 Å². The number of aryl methyl sites for hydroxylation is 1. The van der Waals surface area contributed by atoms with E-state index in [0.717, 1.165) is 5.56 Å². The van der Waals surface area contributed by atoms with Gasteiger partial charge in [-0.1, -0.05) is 12.1 Å². The predicted molar refractivity (Wildman–Crippen MR) is 81.1 cm³/mol. The lowest BCUT2D eigenvalue weighted by molar-refractivity contribution is -0.136. The Hall–Kier alpha value is -1.25. The lowest BCUT2D eigenvalue weighted by Gasteiger charge is -2.07. The van der Waals surface area contributed by atoms with Crippen LogP contribution in [0.3, 0.4) is 0 Å². The monoisotopic (exact) mass is 333 g/mol. The van der Waals surface area contributed by atoms with Crippen molar-refractivity contribution < 1.29 is 22.5 Å². The van der Waals surface area contributed by atoms with Crippen LogP contribution in [0.15, 0.2) is 29.2 Å². The summed E-state index contributed by atoms with van der Waals surface area (Å²) in [6.45, 7) is 0.239. The highest BCUT2D eigenvalue weighted by Gasteiger charge is 2.13. The summed E-state index contributed by atoms with van der Waals surface area (Å²) < 4.78 is 37.3. The molecule has 0 aromatic heterocycles. The minimum Gasteiger partial charge on any atom is -0.481 e. The normalized spacial score (nSPS) is 13.0. The van der Waals surface area contributed by atoms with Crippen molar-refractivity contribution in [3.8, 4) is 0 Å². The Labute approximate surface area is 127 Å². The molecule has 1 aromatic rings. The van der Waals surface area contributed by atoms with Gasteiger partial charge in [-0.05, 0) is 30.5 Å². The highest BCUT2D eigenvalue weighted by atomic mass is 32.2. The van der Waals surface area contributed by atoms with Crippen molar-refractivity contribution >= 4 is 26.8 Å². The van der Waals surface area contributed by atoms with Crippen molar-refractivity contribution in [3.05, 3.63) is 29.8 Å². The second kappa shape index (κ2) is 8.26. The van der Waals surface area contributed by atoms with Crippen LogP contribution in [0.25, 0.3) is 0 Å². The van der Waals surface area contributed by atoms with Gasteiger partial charge in [0, 0.05) is 35.8 Å². The first kappa shape index (κ1) is 17.8. The first-order chi connectivity index (χ1) is 9.81. The van der Waals surface area contributed by atoms with E-state index in [1.807, 2.05) is 0 Å². The van der Waals surface area contributed by atoms with Gasteiger partial charge >= 0.3 is 5.97 Å². The van der Waals surface area contributed by atoms with Crippen LogP contribution in [0, 0.1) is 0 Å². The third-order valence-corrected chi connectivity index (χ3v) is 5.10. The molecular formula is C13H19NO5S2. The van der Waals surface area contributed by atoms with Gasteiger partial charge in [0.1, 0.15) is 0 Å². The first-order valence-electron chi connectivity index (χ1n) is 6.41. The van der Waals surface area contributed by atoms with Crippen molar-refractivity contribution in [1.29, 1.82) is 0 Å². The van der Waals surface area contributed by atoms with E-state index in [1.165, 1.54) is 12.1 Å². The summed E-state index contributed by atoms with van der Waals surface area (Å²) in [4.78, 5) is 10.6. The molecule has 1 rings (SSSR count). The molecule has 0 aliphatic carbocycles. The van der Waals surface area contributed by atoms with Crippen molar-refractivity contribution in [2.24, 2.45) is 0 Å². The quantitative estimate of drug-likeness (QED) is 0.650. The SMILES string of the molecule is CS(=O)CCCNS(=O)(=O)c1ccc(CCC(=O)O)cc1. The fraction of sp³-hybridized carbons (Fsp3) is 0.462. The summed E-state index contributed by atoms with van der Waals surface area (Å²) >= 11 is 0. The van der Waals surface area contributed by atoms with Gasteiger partial charge in [0.05, 0.1) is 4.90 Å². The van der Waals surface area contributed by atoms with E-state index >= 15 is 0 Å². The van der Waals surface area contributed by atoms with Crippen molar-refractivity contribution in [1.82, 2.24) is 4.72 Å². The summed E-state index contributed by atoms with van der Waals surface area (Å²) in [5.41, 5.74) is 0.776. The van der Waals surface area contributed by atoms with Crippen LogP contribution in [0.5, 0.6) is 0 Å². The number of hydrogen-bond donors (Lipinski definition) is 2. The van der Waals surface area contributed by atoms with Crippen LogP contribution >= 0.6 is 0 Å². The van der Waals surface area contributed by atoms with Gasteiger partial charge in [0.2, 0.25) is 10.0 Å². The molecule has 1 atom stereocenters. The van der Waals surface area contributed by atoms with Gasteiger partial charge in [-0.3, -0.25) is 9.00 Å². The van der Waals surface area contributed by atoms with Crippen LogP contribution < -0.4 is 4.72 Å². The number of carbonyl (C=O) groups is 1. The van der Waals surface area contributed by atoms with E-state index in [9.17, 15) is 17.4 Å². The molecule has 0 saturated heterocycles. The van der Waals surface area contributed by atoms with Gasteiger partial charge in [-0.25, -0.2) is 13.1 Å². The third-order valence-electron chi connectivity index (χ3n) is 2.76. The van der Waals surface area contributed by atoms with Crippen LogP contribution in [-0.2, 0) is 32.0 Å². The van der Waals surface area contributed by atoms with Gasteiger partial charge < -0.3 is 5.11 Å². The van der Waals surface area contributed by atoms with Crippen molar-refractivity contribution in [2.45, 2.75) is 24.2 Å². The lowest BCUT2D eigenvalue weighted by Crippen LogP contribution is -2.25. The Morgan fingerprint density at radius 2 is 1.90 bits per heavy atom. The summed E-state index contributed by atoms with van der Waals surface area (Å²) in [6, 6.07) is 6.13. The van der Waals surface area contributed by atoms with E-state index in [2.05, 4.69) is 4.72 Å². The van der Waals surface area contributed by atoms with E-state index in [-0.39, 0.29) is 17.9 Å². The van der Waals surface area contributed by atoms with E-state index < -0.39 is 26.8 Å². The van der Waals surface area contributed by atoms with Gasteiger partial charge in [0.15, 0.2) is 0 Å². The number of hydrogen-bond acceptors (Lipinski definition) is 4. The molecule has 6 nitrogen and oxygen atoms in total. The zero-order chi connectivity index (χ0) is 15.9. The fourth-order valence-corrected chi connectivity index (χ4v) is 3.28. The summed E-state index contributed by atoms with van der Waals surface area (Å²) in [7, 11) is -4.50. The maximum absolute atomic E-state index is 12.0. The Kier molecular flexibility index (Phi) is 7.00. The molecular weight excluding hydrogens is 314 g/mol. The molecule has 0 spiro atoms. The average Bonchev–Trinajstić information content (AvgIpc) is 2.41. The highest BCUT2D eigenvalue weighted by molar-refractivity contribution is 7.89. The van der Waals surface area contributed by atoms with E-state index in [4.69, 9.17) is 5.11 Å². The van der Waals surface area contributed by atoms with Crippen molar-refractivity contribution in [3.63, 3.8) is 0 Å². The number of aliphatic carboxylic acids is 1.